The summed E-state index contributed by atoms with van der Waals surface area (Å²) in [4.78, 5) is 15.0. The van der Waals surface area contributed by atoms with Crippen molar-refractivity contribution >= 4 is 38.9 Å². The van der Waals surface area contributed by atoms with Crippen LogP contribution < -0.4 is 0 Å². The minimum atomic E-state index is -0.272. The van der Waals surface area contributed by atoms with Gasteiger partial charge in [-0.15, -0.1) is 22.9 Å². The summed E-state index contributed by atoms with van der Waals surface area (Å²) in [5.41, 5.74) is 0. The lowest BCUT2D eigenvalue weighted by atomic mass is 9.98. The van der Waals surface area contributed by atoms with E-state index in [0.717, 1.165) is 23.1 Å². The van der Waals surface area contributed by atoms with Gasteiger partial charge in [-0.3, -0.25) is 4.79 Å². The van der Waals surface area contributed by atoms with E-state index in [4.69, 9.17) is 11.6 Å². The number of halogens is 2. The summed E-state index contributed by atoms with van der Waals surface area (Å²) in [7, 11) is 0. The average molecular weight is 312 g/mol. The van der Waals surface area contributed by atoms with Gasteiger partial charge in [0.25, 0.3) is 5.91 Å². The molecule has 20 heavy (non-hydrogen) atoms. The van der Waals surface area contributed by atoms with Crippen LogP contribution in [0.3, 0.4) is 0 Å². The van der Waals surface area contributed by atoms with Crippen LogP contribution in [0.25, 0.3) is 10.1 Å². The van der Waals surface area contributed by atoms with Gasteiger partial charge in [-0.05, 0) is 35.9 Å². The first kappa shape index (κ1) is 13.8. The fourth-order valence-corrected chi connectivity index (χ4v) is 3.82. The summed E-state index contributed by atoms with van der Waals surface area (Å²) < 4.78 is 14.0. The first-order chi connectivity index (χ1) is 9.54. The lowest BCUT2D eigenvalue weighted by Crippen LogP contribution is -2.43. The van der Waals surface area contributed by atoms with Crippen LogP contribution in [0.2, 0.25) is 0 Å². The lowest BCUT2D eigenvalue weighted by molar-refractivity contribution is 0.0706. The number of carbonyl (C=O) groups excluding carboxylic acids is 1. The Kier molecular flexibility index (Phi) is 3.69. The molecule has 0 N–H and O–H groups in total. The number of amides is 1. The normalized spacial score (nSPS) is 23.2. The standard InChI is InChI=1S/C15H15ClFNOS/c1-9-4-5-18(8-12(9)16)15(19)14-6-10-2-3-11(17)7-13(10)20-14/h2-3,6-7,9,12H,4-5,8H2,1H3. The molecule has 1 aliphatic rings. The van der Waals surface area contributed by atoms with Crippen LogP contribution in [-0.2, 0) is 0 Å². The molecule has 2 aromatic rings. The van der Waals surface area contributed by atoms with E-state index in [1.54, 1.807) is 11.0 Å². The molecule has 0 spiro atoms. The molecule has 2 unspecified atom stereocenters. The van der Waals surface area contributed by atoms with Gasteiger partial charge in [0.2, 0.25) is 0 Å². The minimum absolute atomic E-state index is 0.00385. The van der Waals surface area contributed by atoms with Crippen LogP contribution in [0.15, 0.2) is 24.3 Å². The second-order valence-corrected chi connectivity index (χ2v) is 6.97. The molecule has 1 aliphatic heterocycles. The molecule has 5 heteroatoms. The number of likely N-dealkylation sites (tertiary alicyclic amines) is 1. The Bertz CT molecular complexity index is 656. The summed E-state index contributed by atoms with van der Waals surface area (Å²) in [6.07, 6.45) is 0.930. The average Bonchev–Trinajstić information content (AvgIpc) is 2.84. The molecule has 0 radical (unpaired) electrons. The third-order valence-electron chi connectivity index (χ3n) is 3.85. The van der Waals surface area contributed by atoms with Crippen molar-refractivity contribution in [2.24, 2.45) is 5.92 Å². The first-order valence-corrected chi connectivity index (χ1v) is 7.92. The Balaban J connectivity index is 1.85. The molecule has 0 aliphatic carbocycles. The van der Waals surface area contributed by atoms with E-state index >= 15 is 0 Å². The molecule has 0 bridgehead atoms. The van der Waals surface area contributed by atoms with Gasteiger partial charge in [0.15, 0.2) is 0 Å². The van der Waals surface area contributed by atoms with Gasteiger partial charge < -0.3 is 4.90 Å². The molecule has 1 amide bonds. The van der Waals surface area contributed by atoms with Crippen LogP contribution in [0.5, 0.6) is 0 Å². The predicted octanol–water partition coefficient (Wildman–Crippen LogP) is 4.13. The van der Waals surface area contributed by atoms with Crippen molar-refractivity contribution in [1.82, 2.24) is 4.90 Å². The van der Waals surface area contributed by atoms with E-state index < -0.39 is 0 Å². The summed E-state index contributed by atoms with van der Waals surface area (Å²) in [6, 6.07) is 6.43. The Hall–Kier alpha value is -1.13. The fraction of sp³-hybridized carbons (Fsp3) is 0.400. The third kappa shape index (κ3) is 2.54. The molecule has 2 nitrogen and oxygen atoms in total. The van der Waals surface area contributed by atoms with Gasteiger partial charge in [-0.25, -0.2) is 4.39 Å². The van der Waals surface area contributed by atoms with E-state index in [0.29, 0.717) is 17.3 Å². The molecule has 1 saturated heterocycles. The smallest absolute Gasteiger partial charge is 0.264 e. The Morgan fingerprint density at radius 2 is 2.25 bits per heavy atom. The monoisotopic (exact) mass is 311 g/mol. The SMILES string of the molecule is CC1CCN(C(=O)c2cc3ccc(F)cc3s2)CC1Cl. The van der Waals surface area contributed by atoms with E-state index in [9.17, 15) is 9.18 Å². The van der Waals surface area contributed by atoms with Crippen LogP contribution in [0.4, 0.5) is 4.39 Å². The van der Waals surface area contributed by atoms with Gasteiger partial charge in [0.1, 0.15) is 5.82 Å². The van der Waals surface area contributed by atoms with Crippen LogP contribution in [0.1, 0.15) is 23.0 Å². The van der Waals surface area contributed by atoms with Gasteiger partial charge >= 0.3 is 0 Å². The van der Waals surface area contributed by atoms with Crippen molar-refractivity contribution < 1.29 is 9.18 Å². The van der Waals surface area contributed by atoms with Gasteiger partial charge in [-0.1, -0.05) is 13.0 Å². The zero-order valence-corrected chi connectivity index (χ0v) is 12.7. The molecular weight excluding hydrogens is 297 g/mol. The summed E-state index contributed by atoms with van der Waals surface area (Å²) in [5, 5.41) is 0.923. The third-order valence-corrected chi connectivity index (χ3v) is 5.50. The fourth-order valence-electron chi connectivity index (χ4n) is 2.47. The number of hydrogen-bond donors (Lipinski definition) is 0. The van der Waals surface area contributed by atoms with Gasteiger partial charge in [-0.2, -0.15) is 0 Å². The molecule has 106 valence electrons. The van der Waals surface area contributed by atoms with E-state index in [1.165, 1.54) is 23.5 Å². The zero-order chi connectivity index (χ0) is 14.3. The summed E-state index contributed by atoms with van der Waals surface area (Å²) in [6.45, 7) is 3.44. The molecule has 1 fully saturated rings. The van der Waals surface area contributed by atoms with E-state index in [-0.39, 0.29) is 17.1 Å². The highest BCUT2D eigenvalue weighted by Gasteiger charge is 2.28. The van der Waals surface area contributed by atoms with Crippen LogP contribution in [-0.4, -0.2) is 29.3 Å². The molecule has 1 aromatic heterocycles. The maximum absolute atomic E-state index is 13.2. The quantitative estimate of drug-likeness (QED) is 0.725. The van der Waals surface area contributed by atoms with E-state index in [2.05, 4.69) is 6.92 Å². The summed E-state index contributed by atoms with van der Waals surface area (Å²) >= 11 is 7.59. The molecule has 2 atom stereocenters. The largest absolute Gasteiger partial charge is 0.336 e. The topological polar surface area (TPSA) is 20.3 Å². The summed E-state index contributed by atoms with van der Waals surface area (Å²) in [5.74, 6) is 0.173. The maximum Gasteiger partial charge on any atom is 0.264 e. The Morgan fingerprint density at radius 1 is 1.45 bits per heavy atom. The van der Waals surface area contributed by atoms with E-state index in [1.807, 2.05) is 6.07 Å². The highest BCUT2D eigenvalue weighted by molar-refractivity contribution is 7.20. The number of alkyl halides is 1. The molecule has 0 saturated carbocycles. The Labute approximate surface area is 126 Å². The number of nitrogens with zero attached hydrogens (tertiary/aromatic N) is 1. The minimum Gasteiger partial charge on any atom is -0.336 e. The van der Waals surface area contributed by atoms with Gasteiger partial charge in [0.05, 0.1) is 10.3 Å². The van der Waals surface area contributed by atoms with Crippen molar-refractivity contribution in [3.63, 3.8) is 0 Å². The second kappa shape index (κ2) is 5.34. The molecule has 2 heterocycles. The number of piperidine rings is 1. The van der Waals surface area contributed by atoms with Crippen molar-refractivity contribution in [3.8, 4) is 0 Å². The number of fused-ring (bicyclic) bond motifs is 1. The maximum atomic E-state index is 13.2. The van der Waals surface area contributed by atoms with Crippen molar-refractivity contribution in [2.45, 2.75) is 18.7 Å². The number of carbonyl (C=O) groups is 1. The number of rotatable bonds is 1. The van der Waals surface area contributed by atoms with Crippen molar-refractivity contribution in [2.75, 3.05) is 13.1 Å². The molecule has 1 aromatic carbocycles. The number of benzene rings is 1. The lowest BCUT2D eigenvalue weighted by Gasteiger charge is -2.33. The zero-order valence-electron chi connectivity index (χ0n) is 11.1. The first-order valence-electron chi connectivity index (χ1n) is 6.67. The highest BCUT2D eigenvalue weighted by atomic mass is 35.5. The number of hydrogen-bond acceptors (Lipinski definition) is 2. The predicted molar refractivity (Wildman–Crippen MR) is 81.1 cm³/mol. The van der Waals surface area contributed by atoms with Crippen LogP contribution >= 0.6 is 22.9 Å². The second-order valence-electron chi connectivity index (χ2n) is 5.33. The van der Waals surface area contributed by atoms with Crippen LogP contribution in [0, 0.1) is 11.7 Å². The molecule has 3 rings (SSSR count). The highest BCUT2D eigenvalue weighted by Crippen LogP contribution is 2.29. The molecular formula is C15H15ClFNOS. The van der Waals surface area contributed by atoms with Crippen molar-refractivity contribution in [3.05, 3.63) is 35.0 Å². The Morgan fingerprint density at radius 3 is 3.00 bits per heavy atom. The van der Waals surface area contributed by atoms with Crippen molar-refractivity contribution in [1.29, 1.82) is 0 Å². The number of thiophene rings is 1. The van der Waals surface area contributed by atoms with Gasteiger partial charge in [0, 0.05) is 17.8 Å².